The Balaban J connectivity index is 1.88. The van der Waals surface area contributed by atoms with Gasteiger partial charge in [0.1, 0.15) is 0 Å². The fourth-order valence-corrected chi connectivity index (χ4v) is 2.32. The molecule has 0 aliphatic rings. The number of aromatic nitrogens is 2. The second kappa shape index (κ2) is 8.12. The van der Waals surface area contributed by atoms with Gasteiger partial charge in [-0.25, -0.2) is 4.98 Å². The van der Waals surface area contributed by atoms with E-state index in [1.54, 1.807) is 24.5 Å². The lowest BCUT2D eigenvalue weighted by atomic mass is 9.96. The largest absolute Gasteiger partial charge is 0.481 e. The summed E-state index contributed by atoms with van der Waals surface area (Å²) in [5, 5.41) is 9.36. The van der Waals surface area contributed by atoms with Gasteiger partial charge in [-0.3, -0.25) is 9.59 Å². The zero-order valence-electron chi connectivity index (χ0n) is 13.1. The quantitative estimate of drug-likeness (QED) is 0.804. The number of imidazole rings is 1. The second-order valence-electron chi connectivity index (χ2n) is 5.54. The molecule has 1 heterocycles. The maximum atomic E-state index is 12.2. The Morgan fingerprint density at radius 2 is 2.04 bits per heavy atom. The van der Waals surface area contributed by atoms with Crippen molar-refractivity contribution in [1.29, 1.82) is 0 Å². The summed E-state index contributed by atoms with van der Waals surface area (Å²) >= 11 is 0. The van der Waals surface area contributed by atoms with Crippen LogP contribution in [0, 0.1) is 5.92 Å². The number of carbonyl (C=O) groups is 2. The van der Waals surface area contributed by atoms with Crippen molar-refractivity contribution >= 4 is 11.9 Å². The molecule has 2 aromatic rings. The van der Waals surface area contributed by atoms with Gasteiger partial charge >= 0.3 is 5.97 Å². The maximum absolute atomic E-state index is 12.2. The molecule has 0 bridgehead atoms. The number of carbonyl (C=O) groups excluding carboxylic acids is 1. The van der Waals surface area contributed by atoms with E-state index in [4.69, 9.17) is 0 Å². The molecule has 1 atom stereocenters. The van der Waals surface area contributed by atoms with Crippen LogP contribution in [0.2, 0.25) is 0 Å². The minimum atomic E-state index is -0.940. The molecule has 1 N–H and O–H groups in total. The number of benzene rings is 1. The topological polar surface area (TPSA) is 75.4 Å². The van der Waals surface area contributed by atoms with Crippen LogP contribution in [-0.4, -0.2) is 45.0 Å². The number of carboxylic acids is 1. The van der Waals surface area contributed by atoms with Crippen molar-refractivity contribution in [2.45, 2.75) is 19.4 Å². The van der Waals surface area contributed by atoms with Gasteiger partial charge in [-0.1, -0.05) is 30.3 Å². The normalized spacial score (nSPS) is 11.9. The lowest BCUT2D eigenvalue weighted by Crippen LogP contribution is -2.33. The summed E-state index contributed by atoms with van der Waals surface area (Å²) in [5.41, 5.74) is 0.925. The van der Waals surface area contributed by atoms with Gasteiger partial charge in [0.05, 0.1) is 12.2 Å². The molecule has 0 saturated carbocycles. The lowest BCUT2D eigenvalue weighted by Gasteiger charge is -2.20. The van der Waals surface area contributed by atoms with Crippen molar-refractivity contribution in [1.82, 2.24) is 14.5 Å². The molecule has 2 rings (SSSR count). The number of likely N-dealkylation sites (N-methyl/N-ethyl adjacent to an activating group) is 1. The molecule has 0 radical (unpaired) electrons. The Labute approximate surface area is 135 Å². The van der Waals surface area contributed by atoms with E-state index in [2.05, 4.69) is 4.98 Å². The first-order chi connectivity index (χ1) is 11.1. The minimum Gasteiger partial charge on any atom is -0.481 e. The highest BCUT2D eigenvalue weighted by atomic mass is 16.4. The molecule has 1 unspecified atom stereocenters. The van der Waals surface area contributed by atoms with Crippen LogP contribution in [0.5, 0.6) is 0 Å². The third-order valence-electron chi connectivity index (χ3n) is 3.77. The van der Waals surface area contributed by atoms with Crippen molar-refractivity contribution < 1.29 is 14.7 Å². The smallest absolute Gasteiger partial charge is 0.307 e. The van der Waals surface area contributed by atoms with E-state index in [0.29, 0.717) is 19.5 Å². The van der Waals surface area contributed by atoms with Crippen molar-refractivity contribution in [2.75, 3.05) is 13.6 Å². The van der Waals surface area contributed by atoms with Gasteiger partial charge < -0.3 is 14.6 Å². The second-order valence-corrected chi connectivity index (χ2v) is 5.54. The van der Waals surface area contributed by atoms with Gasteiger partial charge in [-0.05, 0) is 12.0 Å². The number of nitrogens with zero attached hydrogens (tertiary/aromatic N) is 3. The predicted octanol–water partition coefficient (Wildman–Crippen LogP) is 1.68. The molecule has 122 valence electrons. The van der Waals surface area contributed by atoms with Crippen molar-refractivity contribution in [2.24, 2.45) is 5.92 Å². The summed E-state index contributed by atoms with van der Waals surface area (Å²) in [6, 6.07) is 9.38. The zero-order chi connectivity index (χ0) is 16.7. The lowest BCUT2D eigenvalue weighted by molar-refractivity contribution is -0.145. The number of hydrogen-bond donors (Lipinski definition) is 1. The summed E-state index contributed by atoms with van der Waals surface area (Å²) in [6.07, 6.45) is 5.56. The third kappa shape index (κ3) is 5.25. The molecule has 1 aromatic heterocycles. The predicted molar refractivity (Wildman–Crippen MR) is 85.8 cm³/mol. The van der Waals surface area contributed by atoms with Crippen LogP contribution in [-0.2, 0) is 22.6 Å². The molecule has 0 saturated heterocycles. The first kappa shape index (κ1) is 16.7. The first-order valence-electron chi connectivity index (χ1n) is 7.52. The summed E-state index contributed by atoms with van der Waals surface area (Å²) in [4.78, 5) is 29.2. The fraction of sp³-hybridized carbons (Fsp3) is 0.353. The van der Waals surface area contributed by atoms with E-state index in [1.807, 2.05) is 41.1 Å². The molecule has 1 aromatic carbocycles. The molecule has 0 aliphatic heterocycles. The monoisotopic (exact) mass is 315 g/mol. The molecular weight excluding hydrogens is 294 g/mol. The Bertz CT molecular complexity index is 626. The fourth-order valence-electron chi connectivity index (χ4n) is 2.32. The number of aliphatic carboxylic acids is 1. The first-order valence-corrected chi connectivity index (χ1v) is 7.52. The van der Waals surface area contributed by atoms with Gasteiger partial charge in [-0.15, -0.1) is 0 Å². The van der Waals surface area contributed by atoms with Gasteiger partial charge in [-0.2, -0.15) is 0 Å². The molecule has 6 heteroatoms. The summed E-state index contributed by atoms with van der Waals surface area (Å²) in [7, 11) is 1.70. The van der Waals surface area contributed by atoms with Crippen LogP contribution in [0.4, 0.5) is 0 Å². The molecule has 0 spiro atoms. The molecule has 0 aliphatic carbocycles. The molecule has 23 heavy (non-hydrogen) atoms. The van der Waals surface area contributed by atoms with Crippen LogP contribution in [0.3, 0.4) is 0 Å². The van der Waals surface area contributed by atoms with Crippen molar-refractivity contribution in [3.05, 3.63) is 54.6 Å². The van der Waals surface area contributed by atoms with Gasteiger partial charge in [0, 0.05) is 39.0 Å². The number of rotatable bonds is 8. The van der Waals surface area contributed by atoms with E-state index in [9.17, 15) is 14.7 Å². The zero-order valence-corrected chi connectivity index (χ0v) is 13.1. The molecule has 1 amide bonds. The molecule has 6 nitrogen and oxygen atoms in total. The Kier molecular flexibility index (Phi) is 5.91. The summed E-state index contributed by atoms with van der Waals surface area (Å²) in [5.74, 6) is -1.81. The Hall–Kier alpha value is -2.63. The maximum Gasteiger partial charge on any atom is 0.307 e. The van der Waals surface area contributed by atoms with Gasteiger partial charge in [0.25, 0.3) is 0 Å². The van der Waals surface area contributed by atoms with E-state index in [1.165, 1.54) is 0 Å². The van der Waals surface area contributed by atoms with Crippen molar-refractivity contribution in [3.63, 3.8) is 0 Å². The van der Waals surface area contributed by atoms with E-state index in [0.717, 1.165) is 5.56 Å². The van der Waals surface area contributed by atoms with Crippen molar-refractivity contribution in [3.8, 4) is 0 Å². The standard InChI is InChI=1S/C17H21N3O3/c1-19(9-10-20-8-7-18-13-20)16(21)12-15(17(22)23)11-14-5-3-2-4-6-14/h2-8,13,15H,9-12H2,1H3,(H,22,23). The molecule has 0 fully saturated rings. The number of hydrogen-bond acceptors (Lipinski definition) is 3. The summed E-state index contributed by atoms with van der Waals surface area (Å²) < 4.78 is 1.88. The molecular formula is C17H21N3O3. The highest BCUT2D eigenvalue weighted by Gasteiger charge is 2.23. The average molecular weight is 315 g/mol. The van der Waals surface area contributed by atoms with Crippen LogP contribution < -0.4 is 0 Å². The van der Waals surface area contributed by atoms with E-state index in [-0.39, 0.29) is 12.3 Å². The average Bonchev–Trinajstić information content (AvgIpc) is 3.06. The van der Waals surface area contributed by atoms with Crippen LogP contribution >= 0.6 is 0 Å². The van der Waals surface area contributed by atoms with Crippen LogP contribution in [0.15, 0.2) is 49.1 Å². The Morgan fingerprint density at radius 1 is 1.30 bits per heavy atom. The van der Waals surface area contributed by atoms with Crippen LogP contribution in [0.25, 0.3) is 0 Å². The summed E-state index contributed by atoms with van der Waals surface area (Å²) in [6.45, 7) is 1.16. The van der Waals surface area contributed by atoms with Gasteiger partial charge in [0.15, 0.2) is 0 Å². The number of amides is 1. The highest BCUT2D eigenvalue weighted by molar-refractivity contribution is 5.82. The SMILES string of the molecule is CN(CCn1ccnc1)C(=O)CC(Cc1ccccc1)C(=O)O. The third-order valence-corrected chi connectivity index (χ3v) is 3.77. The Morgan fingerprint density at radius 3 is 2.65 bits per heavy atom. The van der Waals surface area contributed by atoms with E-state index >= 15 is 0 Å². The van der Waals surface area contributed by atoms with Gasteiger partial charge in [0.2, 0.25) is 5.91 Å². The minimum absolute atomic E-state index is 0.00462. The highest BCUT2D eigenvalue weighted by Crippen LogP contribution is 2.14. The van der Waals surface area contributed by atoms with E-state index < -0.39 is 11.9 Å². The number of carboxylic acid groups (broad SMARTS) is 1. The van der Waals surface area contributed by atoms with Crippen LogP contribution in [0.1, 0.15) is 12.0 Å².